The van der Waals surface area contributed by atoms with E-state index in [1.54, 1.807) is 32.3 Å². The molecule has 0 aliphatic rings. The van der Waals surface area contributed by atoms with E-state index in [0.29, 0.717) is 6.42 Å². The molecule has 2 rings (SSSR count). The molecule has 23 heavy (non-hydrogen) atoms. The van der Waals surface area contributed by atoms with Gasteiger partial charge in [0.1, 0.15) is 6.04 Å². The summed E-state index contributed by atoms with van der Waals surface area (Å²) in [6.07, 6.45) is 0.296. The van der Waals surface area contributed by atoms with Crippen LogP contribution in [0.1, 0.15) is 5.56 Å². The Kier molecular flexibility index (Phi) is 5.52. The van der Waals surface area contributed by atoms with Gasteiger partial charge in [-0.15, -0.1) is 0 Å². The molecule has 0 aliphatic heterocycles. The first-order valence-corrected chi connectivity index (χ1v) is 8.71. The molecule has 2 aromatic carbocycles. The zero-order valence-corrected chi connectivity index (χ0v) is 14.0. The fourth-order valence-corrected chi connectivity index (χ4v) is 3.41. The minimum Gasteiger partial charge on any atom is -0.347 e. The molecule has 1 N–H and O–H groups in total. The topological polar surface area (TPSA) is 66.5 Å². The summed E-state index contributed by atoms with van der Waals surface area (Å²) in [4.78, 5) is 13.9. The number of carbonyl (C=O) groups is 1. The Balaban J connectivity index is 2.26. The molecule has 0 fully saturated rings. The van der Waals surface area contributed by atoms with Gasteiger partial charge in [0.05, 0.1) is 4.90 Å². The molecule has 0 bridgehead atoms. The lowest BCUT2D eigenvalue weighted by Gasteiger charge is -2.22. The van der Waals surface area contributed by atoms with E-state index in [0.717, 1.165) is 5.56 Å². The molecule has 6 heteroatoms. The van der Waals surface area contributed by atoms with Gasteiger partial charge in [0, 0.05) is 14.1 Å². The van der Waals surface area contributed by atoms with Crippen molar-refractivity contribution in [3.8, 4) is 0 Å². The highest BCUT2D eigenvalue weighted by atomic mass is 32.2. The van der Waals surface area contributed by atoms with Crippen molar-refractivity contribution in [1.82, 2.24) is 9.62 Å². The third kappa shape index (κ3) is 4.64. The summed E-state index contributed by atoms with van der Waals surface area (Å²) in [5.74, 6) is -0.284. The number of nitrogens with one attached hydrogen (secondary N) is 1. The molecule has 0 heterocycles. The lowest BCUT2D eigenvalue weighted by atomic mass is 10.1. The van der Waals surface area contributed by atoms with Gasteiger partial charge in [0.15, 0.2) is 0 Å². The summed E-state index contributed by atoms with van der Waals surface area (Å²) in [5, 5.41) is 0. The summed E-state index contributed by atoms with van der Waals surface area (Å²) >= 11 is 0. The van der Waals surface area contributed by atoms with Gasteiger partial charge in [-0.25, -0.2) is 8.42 Å². The van der Waals surface area contributed by atoms with Crippen molar-refractivity contribution in [2.45, 2.75) is 17.4 Å². The second-order valence-corrected chi connectivity index (χ2v) is 7.12. The first kappa shape index (κ1) is 17.2. The first-order valence-electron chi connectivity index (χ1n) is 7.22. The van der Waals surface area contributed by atoms with E-state index in [9.17, 15) is 13.2 Å². The lowest BCUT2D eigenvalue weighted by molar-refractivity contribution is -0.130. The van der Waals surface area contributed by atoms with Gasteiger partial charge in [-0.05, 0) is 24.1 Å². The summed E-state index contributed by atoms with van der Waals surface area (Å²) in [5.41, 5.74) is 0.892. The molecular formula is C17H20N2O3S. The molecule has 0 spiro atoms. The van der Waals surface area contributed by atoms with Crippen molar-refractivity contribution in [1.29, 1.82) is 0 Å². The number of amides is 1. The molecule has 0 aliphatic carbocycles. The quantitative estimate of drug-likeness (QED) is 0.875. The molecule has 0 aromatic heterocycles. The summed E-state index contributed by atoms with van der Waals surface area (Å²) < 4.78 is 27.5. The van der Waals surface area contributed by atoms with Crippen molar-refractivity contribution in [2.24, 2.45) is 0 Å². The normalized spacial score (nSPS) is 12.6. The standard InChI is InChI=1S/C17H20N2O3S/c1-19(2)17(20)16(13-14-9-5-3-6-10-14)18-23(21,22)15-11-7-4-8-12-15/h3-12,16,18H,13H2,1-2H3. The van der Waals surface area contributed by atoms with E-state index < -0.39 is 16.1 Å². The molecule has 122 valence electrons. The molecule has 1 amide bonds. The Bertz CT molecular complexity index is 744. The first-order chi connectivity index (χ1) is 10.9. The maximum absolute atomic E-state index is 12.5. The maximum atomic E-state index is 12.5. The Morgan fingerprint density at radius 3 is 2.04 bits per heavy atom. The zero-order chi connectivity index (χ0) is 16.9. The average molecular weight is 332 g/mol. The third-order valence-electron chi connectivity index (χ3n) is 3.37. The number of likely N-dealkylation sites (N-methyl/N-ethyl adjacent to an activating group) is 1. The number of benzene rings is 2. The lowest BCUT2D eigenvalue weighted by Crippen LogP contribution is -2.47. The van der Waals surface area contributed by atoms with Crippen LogP contribution in [0.3, 0.4) is 0 Å². The monoisotopic (exact) mass is 332 g/mol. The van der Waals surface area contributed by atoms with Crippen LogP contribution >= 0.6 is 0 Å². The van der Waals surface area contributed by atoms with Crippen LogP contribution in [-0.2, 0) is 21.2 Å². The van der Waals surface area contributed by atoms with Crippen LogP contribution in [0.2, 0.25) is 0 Å². The Morgan fingerprint density at radius 1 is 1.00 bits per heavy atom. The Labute approximate surface area is 137 Å². The number of carbonyl (C=O) groups excluding carboxylic acids is 1. The van der Waals surface area contributed by atoms with Crippen LogP contribution in [0, 0.1) is 0 Å². The molecule has 0 saturated heterocycles. The van der Waals surface area contributed by atoms with Crippen molar-refractivity contribution in [3.05, 3.63) is 66.2 Å². The smallest absolute Gasteiger partial charge is 0.241 e. The molecule has 1 atom stereocenters. The Hall–Kier alpha value is -2.18. The average Bonchev–Trinajstić information content (AvgIpc) is 2.55. The third-order valence-corrected chi connectivity index (χ3v) is 4.86. The van der Waals surface area contributed by atoms with Crippen LogP contribution in [0.4, 0.5) is 0 Å². The maximum Gasteiger partial charge on any atom is 0.241 e. The van der Waals surface area contributed by atoms with E-state index in [1.165, 1.54) is 17.0 Å². The second kappa shape index (κ2) is 7.39. The van der Waals surface area contributed by atoms with Gasteiger partial charge in [0.25, 0.3) is 0 Å². The van der Waals surface area contributed by atoms with Crippen molar-refractivity contribution in [3.63, 3.8) is 0 Å². The predicted molar refractivity (Wildman–Crippen MR) is 89.4 cm³/mol. The fraction of sp³-hybridized carbons (Fsp3) is 0.235. The van der Waals surface area contributed by atoms with E-state index in [-0.39, 0.29) is 10.8 Å². The van der Waals surface area contributed by atoms with Crippen LogP contribution < -0.4 is 4.72 Å². The number of hydrogen-bond acceptors (Lipinski definition) is 3. The van der Waals surface area contributed by atoms with Crippen LogP contribution in [0.15, 0.2) is 65.6 Å². The number of rotatable bonds is 6. The number of hydrogen-bond donors (Lipinski definition) is 1. The molecule has 0 radical (unpaired) electrons. The largest absolute Gasteiger partial charge is 0.347 e. The molecule has 2 aromatic rings. The van der Waals surface area contributed by atoms with E-state index >= 15 is 0 Å². The van der Waals surface area contributed by atoms with Gasteiger partial charge < -0.3 is 4.90 Å². The Morgan fingerprint density at radius 2 is 1.52 bits per heavy atom. The van der Waals surface area contributed by atoms with Gasteiger partial charge in [-0.1, -0.05) is 48.5 Å². The van der Waals surface area contributed by atoms with Crippen LogP contribution in [0.25, 0.3) is 0 Å². The highest BCUT2D eigenvalue weighted by Gasteiger charge is 2.27. The SMILES string of the molecule is CN(C)C(=O)C(Cc1ccccc1)NS(=O)(=O)c1ccccc1. The predicted octanol–water partition coefficient (Wildman–Crippen LogP) is 1.66. The minimum atomic E-state index is -3.76. The van der Waals surface area contributed by atoms with Crippen molar-refractivity contribution >= 4 is 15.9 Å². The van der Waals surface area contributed by atoms with Gasteiger partial charge in [-0.2, -0.15) is 4.72 Å². The molecular weight excluding hydrogens is 312 g/mol. The molecule has 1 unspecified atom stereocenters. The summed E-state index contributed by atoms with van der Waals surface area (Å²) in [6.45, 7) is 0. The van der Waals surface area contributed by atoms with Gasteiger partial charge in [0.2, 0.25) is 15.9 Å². The van der Waals surface area contributed by atoms with Crippen LogP contribution in [0.5, 0.6) is 0 Å². The van der Waals surface area contributed by atoms with E-state index in [2.05, 4.69) is 4.72 Å². The second-order valence-electron chi connectivity index (χ2n) is 5.41. The van der Waals surface area contributed by atoms with Gasteiger partial charge in [-0.3, -0.25) is 4.79 Å². The van der Waals surface area contributed by atoms with Gasteiger partial charge >= 0.3 is 0 Å². The zero-order valence-electron chi connectivity index (χ0n) is 13.1. The number of nitrogens with zero attached hydrogens (tertiary/aromatic N) is 1. The van der Waals surface area contributed by atoms with Crippen LogP contribution in [-0.4, -0.2) is 39.4 Å². The number of sulfonamides is 1. The molecule has 0 saturated carbocycles. The van der Waals surface area contributed by atoms with E-state index in [1.807, 2.05) is 30.3 Å². The fourth-order valence-electron chi connectivity index (χ4n) is 2.20. The van der Waals surface area contributed by atoms with E-state index in [4.69, 9.17) is 0 Å². The molecule has 5 nitrogen and oxygen atoms in total. The van der Waals surface area contributed by atoms with Crippen molar-refractivity contribution < 1.29 is 13.2 Å². The summed E-state index contributed by atoms with van der Waals surface area (Å²) in [6, 6.07) is 16.5. The highest BCUT2D eigenvalue weighted by molar-refractivity contribution is 7.89. The minimum absolute atomic E-state index is 0.143. The van der Waals surface area contributed by atoms with Crippen molar-refractivity contribution in [2.75, 3.05) is 14.1 Å². The highest BCUT2D eigenvalue weighted by Crippen LogP contribution is 2.11. The summed E-state index contributed by atoms with van der Waals surface area (Å²) in [7, 11) is -0.539.